The van der Waals surface area contributed by atoms with Gasteiger partial charge in [0, 0.05) is 23.7 Å². The number of benzene rings is 1. The molecule has 24 heavy (non-hydrogen) atoms. The van der Waals surface area contributed by atoms with Crippen LogP contribution in [0.5, 0.6) is 0 Å². The summed E-state index contributed by atoms with van der Waals surface area (Å²) in [7, 11) is 0. The lowest BCUT2D eigenvalue weighted by molar-refractivity contribution is 0.378. The maximum Gasteiger partial charge on any atom is 0.226 e. The van der Waals surface area contributed by atoms with Crippen LogP contribution >= 0.6 is 11.8 Å². The third kappa shape index (κ3) is 3.28. The molecule has 4 rings (SSSR count). The zero-order chi connectivity index (χ0) is 16.4. The van der Waals surface area contributed by atoms with Crippen LogP contribution in [0.3, 0.4) is 0 Å². The van der Waals surface area contributed by atoms with Crippen molar-refractivity contribution in [3.63, 3.8) is 0 Å². The smallest absolute Gasteiger partial charge is 0.226 e. The van der Waals surface area contributed by atoms with E-state index in [4.69, 9.17) is 10.4 Å². The number of hydrogen-bond donors (Lipinski definition) is 1. The van der Waals surface area contributed by atoms with E-state index >= 15 is 0 Å². The maximum atomic E-state index is 6.04. The fourth-order valence-electron chi connectivity index (χ4n) is 2.45. The Kier molecular flexibility index (Phi) is 4.20. The van der Waals surface area contributed by atoms with Crippen molar-refractivity contribution in [1.29, 1.82) is 0 Å². The van der Waals surface area contributed by atoms with E-state index < -0.39 is 0 Å². The van der Waals surface area contributed by atoms with E-state index in [-0.39, 0.29) is 0 Å². The molecule has 7 nitrogen and oxygen atoms in total. The molecule has 1 aromatic carbocycles. The first-order chi connectivity index (χ1) is 11.8. The molecule has 1 saturated carbocycles. The van der Waals surface area contributed by atoms with Crippen LogP contribution in [0.1, 0.15) is 36.9 Å². The Labute approximate surface area is 143 Å². The third-order valence-electron chi connectivity index (χ3n) is 3.90. The van der Waals surface area contributed by atoms with Gasteiger partial charge in [-0.3, -0.25) is 0 Å². The van der Waals surface area contributed by atoms with Crippen molar-refractivity contribution >= 4 is 11.8 Å². The highest BCUT2D eigenvalue weighted by Crippen LogP contribution is 2.39. The second kappa shape index (κ2) is 6.64. The van der Waals surface area contributed by atoms with Crippen LogP contribution < -0.4 is 5.84 Å². The van der Waals surface area contributed by atoms with E-state index in [1.54, 1.807) is 16.4 Å². The molecule has 1 aliphatic rings. The number of aryl methyl sites for hydroxylation is 1. The van der Waals surface area contributed by atoms with E-state index in [0.29, 0.717) is 17.6 Å². The molecule has 8 heteroatoms. The van der Waals surface area contributed by atoms with Gasteiger partial charge in [0.15, 0.2) is 5.82 Å². The normalized spacial score (nSPS) is 14.2. The van der Waals surface area contributed by atoms with E-state index in [9.17, 15) is 0 Å². The largest absolute Gasteiger partial charge is 0.339 e. The van der Waals surface area contributed by atoms with E-state index in [1.165, 1.54) is 12.8 Å². The highest BCUT2D eigenvalue weighted by atomic mass is 32.2. The molecule has 0 atom stereocenters. The highest BCUT2D eigenvalue weighted by molar-refractivity contribution is 7.99. The van der Waals surface area contributed by atoms with Gasteiger partial charge in [-0.15, -0.1) is 10.2 Å². The van der Waals surface area contributed by atoms with E-state index in [0.717, 1.165) is 35.1 Å². The summed E-state index contributed by atoms with van der Waals surface area (Å²) in [6.07, 6.45) is 3.98. The minimum atomic E-state index is 0.506. The minimum Gasteiger partial charge on any atom is -0.339 e. The molecule has 2 N–H and O–H groups in total. The molecular formula is C16H18N6OS. The zero-order valence-electron chi connectivity index (χ0n) is 13.1. The number of nitrogens with two attached hydrogens (primary N) is 1. The molecule has 0 aliphatic heterocycles. The molecular weight excluding hydrogens is 324 g/mol. The predicted molar refractivity (Wildman–Crippen MR) is 90.9 cm³/mol. The Hall–Kier alpha value is -2.35. The molecule has 124 valence electrons. The van der Waals surface area contributed by atoms with Crippen molar-refractivity contribution in [3.05, 3.63) is 42.0 Å². The van der Waals surface area contributed by atoms with Gasteiger partial charge in [-0.25, -0.2) is 4.68 Å². The topological polar surface area (TPSA) is 95.7 Å². The molecule has 2 heterocycles. The summed E-state index contributed by atoms with van der Waals surface area (Å²) in [6, 6.07) is 9.82. The Morgan fingerprint density at radius 2 is 2.04 bits per heavy atom. The lowest BCUT2D eigenvalue weighted by atomic mass is 10.2. The quantitative estimate of drug-likeness (QED) is 0.400. The van der Waals surface area contributed by atoms with E-state index in [2.05, 4.69) is 20.3 Å². The van der Waals surface area contributed by atoms with E-state index in [1.807, 2.05) is 30.3 Å². The van der Waals surface area contributed by atoms with Gasteiger partial charge in [0.1, 0.15) is 0 Å². The van der Waals surface area contributed by atoms with Crippen LogP contribution in [0.25, 0.3) is 11.4 Å². The minimum absolute atomic E-state index is 0.506. The molecule has 0 radical (unpaired) electrons. The van der Waals surface area contributed by atoms with Gasteiger partial charge in [0.25, 0.3) is 0 Å². The number of hydrogen-bond acceptors (Lipinski definition) is 7. The molecule has 0 saturated heterocycles. The standard InChI is InChI=1S/C16H18N6OS/c17-22-15(12-8-9-12)19-20-16(22)24-10-4-7-13-18-14(21-23-13)11-5-2-1-3-6-11/h1-3,5-6,12H,4,7-10,17H2. The van der Waals surface area contributed by atoms with Crippen LogP contribution in [0, 0.1) is 0 Å². The van der Waals surface area contributed by atoms with Gasteiger partial charge in [-0.2, -0.15) is 4.98 Å². The molecule has 1 fully saturated rings. The number of thioether (sulfide) groups is 1. The second-order valence-corrected chi connectivity index (χ2v) is 6.88. The third-order valence-corrected chi connectivity index (χ3v) is 4.93. The Morgan fingerprint density at radius 1 is 1.21 bits per heavy atom. The monoisotopic (exact) mass is 342 g/mol. The van der Waals surface area contributed by atoms with Gasteiger partial charge >= 0.3 is 0 Å². The average Bonchev–Trinajstić information content (AvgIpc) is 3.23. The molecule has 0 amide bonds. The van der Waals surface area contributed by atoms with Crippen LogP contribution in [0.15, 0.2) is 40.0 Å². The molecule has 2 aromatic heterocycles. The summed E-state index contributed by atoms with van der Waals surface area (Å²) >= 11 is 1.61. The SMILES string of the molecule is Nn1c(SCCCc2nc(-c3ccccc3)no2)nnc1C1CC1. The number of rotatable bonds is 7. The van der Waals surface area contributed by atoms with Gasteiger partial charge in [-0.05, 0) is 19.3 Å². The van der Waals surface area contributed by atoms with Crippen molar-refractivity contribution < 1.29 is 4.52 Å². The number of nitrogen functional groups attached to an aromatic ring is 1. The summed E-state index contributed by atoms with van der Waals surface area (Å²) < 4.78 is 6.94. The Balaban J connectivity index is 1.28. The number of aromatic nitrogens is 5. The zero-order valence-corrected chi connectivity index (χ0v) is 13.9. The van der Waals surface area contributed by atoms with Crippen molar-refractivity contribution in [2.45, 2.75) is 36.8 Å². The summed E-state index contributed by atoms with van der Waals surface area (Å²) in [6.45, 7) is 0. The fourth-order valence-corrected chi connectivity index (χ4v) is 3.26. The fraction of sp³-hybridized carbons (Fsp3) is 0.375. The molecule has 3 aromatic rings. The first kappa shape index (κ1) is 15.2. The Bertz CT molecular complexity index is 811. The number of nitrogens with zero attached hydrogens (tertiary/aromatic N) is 5. The van der Waals surface area contributed by atoms with Gasteiger partial charge in [-0.1, -0.05) is 47.3 Å². The molecule has 0 spiro atoms. The van der Waals surface area contributed by atoms with Crippen molar-refractivity contribution in [2.75, 3.05) is 11.6 Å². The van der Waals surface area contributed by atoms with Crippen molar-refractivity contribution in [3.8, 4) is 11.4 Å². The first-order valence-corrected chi connectivity index (χ1v) is 9.01. The van der Waals surface area contributed by atoms with Crippen LogP contribution in [0.2, 0.25) is 0 Å². The second-order valence-electron chi connectivity index (χ2n) is 5.81. The predicted octanol–water partition coefficient (Wildman–Crippen LogP) is 2.64. The first-order valence-electron chi connectivity index (χ1n) is 8.02. The van der Waals surface area contributed by atoms with Crippen molar-refractivity contribution in [1.82, 2.24) is 25.0 Å². The van der Waals surface area contributed by atoms with Gasteiger partial charge < -0.3 is 10.4 Å². The summed E-state index contributed by atoms with van der Waals surface area (Å²) in [5.74, 6) is 9.61. The lowest BCUT2D eigenvalue weighted by Gasteiger charge is -2.01. The summed E-state index contributed by atoms with van der Waals surface area (Å²) in [4.78, 5) is 4.43. The van der Waals surface area contributed by atoms with Crippen molar-refractivity contribution in [2.24, 2.45) is 0 Å². The Morgan fingerprint density at radius 3 is 2.83 bits per heavy atom. The van der Waals surface area contributed by atoms with Crippen LogP contribution in [-0.4, -0.2) is 30.8 Å². The average molecular weight is 342 g/mol. The summed E-state index contributed by atoms with van der Waals surface area (Å²) in [5, 5.41) is 13.1. The molecule has 1 aliphatic carbocycles. The lowest BCUT2D eigenvalue weighted by Crippen LogP contribution is -2.13. The highest BCUT2D eigenvalue weighted by Gasteiger charge is 2.29. The maximum absolute atomic E-state index is 6.04. The van der Waals surface area contributed by atoms with Gasteiger partial charge in [0.2, 0.25) is 16.9 Å². The molecule has 0 unspecified atom stereocenters. The molecule has 0 bridgehead atoms. The van der Waals surface area contributed by atoms with Crippen LogP contribution in [-0.2, 0) is 6.42 Å². The van der Waals surface area contributed by atoms with Crippen LogP contribution in [0.4, 0.5) is 0 Å². The summed E-state index contributed by atoms with van der Waals surface area (Å²) in [5.41, 5.74) is 0.964. The van der Waals surface area contributed by atoms with Gasteiger partial charge in [0.05, 0.1) is 0 Å².